The van der Waals surface area contributed by atoms with E-state index >= 15 is 0 Å². The summed E-state index contributed by atoms with van der Waals surface area (Å²) in [6.07, 6.45) is 8.14. The Bertz CT molecular complexity index is 837. The number of rotatable bonds is 5. The van der Waals surface area contributed by atoms with Crippen LogP contribution in [-0.4, -0.2) is 63.8 Å². The lowest BCUT2D eigenvalue weighted by atomic mass is 9.95. The van der Waals surface area contributed by atoms with Gasteiger partial charge in [0.2, 0.25) is 5.91 Å². The van der Waals surface area contributed by atoms with Crippen molar-refractivity contribution in [3.8, 4) is 0 Å². The highest BCUT2D eigenvalue weighted by atomic mass is 16.2. The van der Waals surface area contributed by atoms with Gasteiger partial charge in [0.05, 0.1) is 12.1 Å². The van der Waals surface area contributed by atoms with Crippen LogP contribution in [0.3, 0.4) is 0 Å². The van der Waals surface area contributed by atoms with Gasteiger partial charge in [-0.3, -0.25) is 19.5 Å². The summed E-state index contributed by atoms with van der Waals surface area (Å²) in [6.45, 7) is 4.05. The number of amides is 2. The molecule has 1 aromatic carbocycles. The first-order chi connectivity index (χ1) is 14.7. The molecule has 1 atom stereocenters. The Hall–Kier alpha value is -2.80. The highest BCUT2D eigenvalue weighted by Crippen LogP contribution is 2.20. The molecule has 3 heterocycles. The van der Waals surface area contributed by atoms with Crippen molar-refractivity contribution in [1.29, 1.82) is 0 Å². The minimum Gasteiger partial charge on any atom is -0.353 e. The minimum absolute atomic E-state index is 0.0770. The van der Waals surface area contributed by atoms with Crippen LogP contribution >= 0.6 is 0 Å². The predicted molar refractivity (Wildman–Crippen MR) is 114 cm³/mol. The number of hydrogen-bond donors (Lipinski definition) is 1. The number of carbonyl (C=O) groups is 2. The lowest BCUT2D eigenvalue weighted by molar-refractivity contribution is -0.127. The quantitative estimate of drug-likeness (QED) is 0.821. The first-order valence-corrected chi connectivity index (χ1v) is 10.8. The molecule has 0 spiro atoms. The molecule has 0 unspecified atom stereocenters. The summed E-state index contributed by atoms with van der Waals surface area (Å²) in [5.41, 5.74) is 1.67. The third kappa shape index (κ3) is 5.21. The fourth-order valence-electron chi connectivity index (χ4n) is 4.34. The summed E-state index contributed by atoms with van der Waals surface area (Å²) in [7, 11) is 0. The van der Waals surface area contributed by atoms with Gasteiger partial charge in [-0.05, 0) is 31.2 Å². The van der Waals surface area contributed by atoms with Crippen molar-refractivity contribution in [2.24, 2.45) is 5.92 Å². The van der Waals surface area contributed by atoms with Crippen LogP contribution in [0.25, 0.3) is 0 Å². The number of benzene rings is 1. The summed E-state index contributed by atoms with van der Waals surface area (Å²) in [5, 5.41) is 3.24. The maximum Gasteiger partial charge on any atom is 0.274 e. The highest BCUT2D eigenvalue weighted by Gasteiger charge is 2.31. The van der Waals surface area contributed by atoms with E-state index in [-0.39, 0.29) is 23.8 Å². The molecule has 7 nitrogen and oxygen atoms in total. The van der Waals surface area contributed by atoms with Gasteiger partial charge < -0.3 is 10.2 Å². The van der Waals surface area contributed by atoms with E-state index in [0.717, 1.165) is 45.3 Å². The predicted octanol–water partition coefficient (Wildman–Crippen LogP) is 2.11. The van der Waals surface area contributed by atoms with E-state index < -0.39 is 0 Å². The van der Waals surface area contributed by atoms with Gasteiger partial charge in [-0.25, -0.2) is 4.98 Å². The maximum atomic E-state index is 12.9. The first kappa shape index (κ1) is 20.5. The second-order valence-electron chi connectivity index (χ2n) is 8.23. The van der Waals surface area contributed by atoms with E-state index in [9.17, 15) is 9.59 Å². The van der Waals surface area contributed by atoms with Crippen LogP contribution in [-0.2, 0) is 11.3 Å². The standard InChI is InChI=1S/C23H29N5O2/c29-22(19-7-4-12-28(17-19)23(30)21-15-24-10-11-25-21)26-20-8-13-27(14-9-20)16-18-5-2-1-3-6-18/h1-3,5-6,10-11,15,19-20H,4,7-9,12-14,16-17H2,(H,26,29)/t19-/m1/s1. The van der Waals surface area contributed by atoms with Gasteiger partial charge in [0, 0.05) is 51.2 Å². The van der Waals surface area contributed by atoms with Gasteiger partial charge in [-0.15, -0.1) is 0 Å². The van der Waals surface area contributed by atoms with Crippen LogP contribution in [0.4, 0.5) is 0 Å². The number of aromatic nitrogens is 2. The number of likely N-dealkylation sites (tertiary alicyclic amines) is 2. The Morgan fingerprint density at radius 2 is 1.83 bits per heavy atom. The molecule has 7 heteroatoms. The molecule has 2 amide bonds. The van der Waals surface area contributed by atoms with E-state index in [1.54, 1.807) is 11.1 Å². The highest BCUT2D eigenvalue weighted by molar-refractivity contribution is 5.92. The third-order valence-corrected chi connectivity index (χ3v) is 6.04. The molecule has 158 valence electrons. The van der Waals surface area contributed by atoms with E-state index in [1.165, 1.54) is 18.0 Å². The van der Waals surface area contributed by atoms with Crippen LogP contribution in [0.1, 0.15) is 41.7 Å². The molecular weight excluding hydrogens is 378 g/mol. The molecule has 0 saturated carbocycles. The molecule has 0 radical (unpaired) electrons. The molecule has 2 aliphatic heterocycles. The summed E-state index contributed by atoms with van der Waals surface area (Å²) < 4.78 is 0. The van der Waals surface area contributed by atoms with Crippen molar-refractivity contribution in [1.82, 2.24) is 25.1 Å². The second-order valence-corrected chi connectivity index (χ2v) is 8.23. The number of hydrogen-bond acceptors (Lipinski definition) is 5. The van der Waals surface area contributed by atoms with Crippen LogP contribution in [0.2, 0.25) is 0 Å². The molecular formula is C23H29N5O2. The Morgan fingerprint density at radius 3 is 2.57 bits per heavy atom. The van der Waals surface area contributed by atoms with E-state index in [4.69, 9.17) is 0 Å². The van der Waals surface area contributed by atoms with Crippen LogP contribution in [0.5, 0.6) is 0 Å². The van der Waals surface area contributed by atoms with Crippen molar-refractivity contribution in [2.75, 3.05) is 26.2 Å². The SMILES string of the molecule is O=C(NC1CCN(Cc2ccccc2)CC1)[C@@H]1CCCN(C(=O)c2cnccn2)C1. The van der Waals surface area contributed by atoms with Crippen molar-refractivity contribution >= 4 is 11.8 Å². The van der Waals surface area contributed by atoms with Crippen molar-refractivity contribution < 1.29 is 9.59 Å². The number of nitrogens with one attached hydrogen (secondary N) is 1. The maximum absolute atomic E-state index is 12.9. The van der Waals surface area contributed by atoms with Gasteiger partial charge in [0.1, 0.15) is 5.69 Å². The van der Waals surface area contributed by atoms with Crippen molar-refractivity contribution in [3.63, 3.8) is 0 Å². The van der Waals surface area contributed by atoms with Gasteiger partial charge in [0.25, 0.3) is 5.91 Å². The van der Waals surface area contributed by atoms with Gasteiger partial charge in [-0.1, -0.05) is 30.3 Å². The summed E-state index contributed by atoms with van der Waals surface area (Å²) in [5.74, 6) is -0.218. The van der Waals surface area contributed by atoms with Gasteiger partial charge in [-0.2, -0.15) is 0 Å². The largest absolute Gasteiger partial charge is 0.353 e. The monoisotopic (exact) mass is 407 g/mol. The fraction of sp³-hybridized carbons (Fsp3) is 0.478. The molecule has 2 aromatic rings. The lowest BCUT2D eigenvalue weighted by Crippen LogP contribution is -2.50. The smallest absolute Gasteiger partial charge is 0.274 e. The summed E-state index contributed by atoms with van der Waals surface area (Å²) in [4.78, 5) is 37.7. The Kier molecular flexibility index (Phi) is 6.69. The second kappa shape index (κ2) is 9.80. The average Bonchev–Trinajstić information content (AvgIpc) is 2.81. The summed E-state index contributed by atoms with van der Waals surface area (Å²) >= 11 is 0. The third-order valence-electron chi connectivity index (χ3n) is 6.04. The molecule has 2 fully saturated rings. The van der Waals surface area contributed by atoms with Crippen molar-refractivity contribution in [2.45, 2.75) is 38.3 Å². The number of piperidine rings is 2. The zero-order chi connectivity index (χ0) is 20.8. The molecule has 4 rings (SSSR count). The molecule has 1 aromatic heterocycles. The van der Waals surface area contributed by atoms with Crippen LogP contribution in [0, 0.1) is 5.92 Å². The minimum atomic E-state index is -0.151. The van der Waals surface area contributed by atoms with Crippen LogP contribution < -0.4 is 5.32 Å². The Morgan fingerprint density at radius 1 is 1.03 bits per heavy atom. The number of carbonyl (C=O) groups excluding carboxylic acids is 2. The zero-order valence-electron chi connectivity index (χ0n) is 17.2. The van der Waals surface area contributed by atoms with E-state index in [0.29, 0.717) is 18.8 Å². The van der Waals surface area contributed by atoms with Gasteiger partial charge in [0.15, 0.2) is 0 Å². The molecule has 1 N–H and O–H groups in total. The van der Waals surface area contributed by atoms with Crippen LogP contribution in [0.15, 0.2) is 48.9 Å². The number of nitrogens with zero attached hydrogens (tertiary/aromatic N) is 4. The normalized spacial score (nSPS) is 20.7. The summed E-state index contributed by atoms with van der Waals surface area (Å²) in [6, 6.07) is 10.7. The lowest BCUT2D eigenvalue weighted by Gasteiger charge is -2.35. The molecule has 0 bridgehead atoms. The van der Waals surface area contributed by atoms with E-state index in [1.807, 2.05) is 6.07 Å². The van der Waals surface area contributed by atoms with Crippen molar-refractivity contribution in [3.05, 3.63) is 60.2 Å². The molecule has 30 heavy (non-hydrogen) atoms. The fourth-order valence-corrected chi connectivity index (χ4v) is 4.34. The van der Waals surface area contributed by atoms with E-state index in [2.05, 4.69) is 44.5 Å². The first-order valence-electron chi connectivity index (χ1n) is 10.8. The Balaban J connectivity index is 1.24. The topological polar surface area (TPSA) is 78.4 Å². The molecule has 2 aliphatic rings. The average molecular weight is 408 g/mol. The molecule has 0 aliphatic carbocycles. The molecule has 2 saturated heterocycles. The zero-order valence-corrected chi connectivity index (χ0v) is 17.2. The van der Waals surface area contributed by atoms with Gasteiger partial charge >= 0.3 is 0 Å². The Labute approximate surface area is 177 Å².